The molecule has 18 rings (SSSR count). The number of hydrogen-bond donors (Lipinski definition) is 4. The van der Waals surface area contributed by atoms with Crippen molar-refractivity contribution in [3.8, 4) is 23.0 Å². The molecule has 8 bridgehead atoms. The zero-order chi connectivity index (χ0) is 51.9. The van der Waals surface area contributed by atoms with Crippen molar-refractivity contribution in [1.29, 1.82) is 0 Å². The summed E-state index contributed by atoms with van der Waals surface area (Å²) in [5.41, 5.74) is 4.02. The van der Waals surface area contributed by atoms with Crippen molar-refractivity contribution in [2.24, 2.45) is 34.5 Å². The lowest BCUT2D eigenvalue weighted by Gasteiger charge is -2.75. The summed E-state index contributed by atoms with van der Waals surface area (Å²) in [6.45, 7) is 10.5. The molecule has 4 N–H and O–H groups in total. The molecule has 8 saturated carbocycles. The molecule has 10 nitrogen and oxygen atoms in total. The Morgan fingerprint density at radius 2 is 1.16 bits per heavy atom. The van der Waals surface area contributed by atoms with Crippen LogP contribution in [0.2, 0.25) is 5.02 Å². The van der Waals surface area contributed by atoms with Crippen molar-refractivity contribution in [3.63, 3.8) is 0 Å². The summed E-state index contributed by atoms with van der Waals surface area (Å²) in [5.74, 6) is 2.89. The number of nitrogens with zero attached hydrogens (tertiary/aromatic N) is 2. The van der Waals surface area contributed by atoms with Crippen LogP contribution in [0.1, 0.15) is 148 Å². The Labute approximate surface area is 453 Å². The van der Waals surface area contributed by atoms with Crippen molar-refractivity contribution >= 4 is 11.6 Å². The third kappa shape index (κ3) is 5.67. The largest absolute Gasteiger partial charge is 0.504 e. The van der Waals surface area contributed by atoms with Gasteiger partial charge in [0.15, 0.2) is 23.0 Å². The number of fused-ring (bicyclic) bond motifs is 4. The van der Waals surface area contributed by atoms with Gasteiger partial charge in [0.25, 0.3) is 0 Å². The first-order chi connectivity index (χ1) is 36.5. The van der Waals surface area contributed by atoms with Crippen LogP contribution in [0, 0.1) is 34.5 Å². The predicted octanol–water partition coefficient (Wildman–Crippen LogP) is 10.4. The van der Waals surface area contributed by atoms with Crippen LogP contribution in [0.5, 0.6) is 23.0 Å². The molecule has 10 aliphatic carbocycles. The van der Waals surface area contributed by atoms with Gasteiger partial charge < -0.3 is 39.4 Å². The number of hydrogen-bond acceptors (Lipinski definition) is 10. The van der Waals surface area contributed by atoms with Gasteiger partial charge in [-0.3, -0.25) is 9.80 Å². The number of rotatable bonds is 13. The second-order valence-corrected chi connectivity index (χ2v) is 28.1. The maximum Gasteiger partial charge on any atom is 0.166 e. The normalized spacial score (nSPS) is 40.6. The second kappa shape index (κ2) is 15.5. The first-order valence-electron chi connectivity index (χ1n) is 29.5. The van der Waals surface area contributed by atoms with Crippen molar-refractivity contribution in [2.45, 2.75) is 181 Å². The summed E-state index contributed by atoms with van der Waals surface area (Å²) in [7, 11) is 3.66. The molecule has 4 aromatic carbocycles. The minimum Gasteiger partial charge on any atom is -0.504 e. The number of benzene rings is 4. The van der Waals surface area contributed by atoms with E-state index in [9.17, 15) is 20.4 Å². The lowest BCUT2D eigenvalue weighted by atomic mass is 9.33. The minimum atomic E-state index is -1.24. The fourth-order valence-electron chi connectivity index (χ4n) is 21.2. The summed E-state index contributed by atoms with van der Waals surface area (Å²) in [5, 5.41) is 51.1. The highest BCUT2D eigenvalue weighted by Gasteiger charge is 2.84. The molecule has 14 aliphatic rings. The maximum absolute atomic E-state index is 13.3. The van der Waals surface area contributed by atoms with Crippen LogP contribution in [0.15, 0.2) is 66.7 Å². The van der Waals surface area contributed by atoms with E-state index < -0.39 is 22.4 Å². The Morgan fingerprint density at radius 3 is 1.68 bits per heavy atom. The minimum absolute atomic E-state index is 0.0548. The fraction of sp³-hybridized carbons (Fsp3) is 0.631. The van der Waals surface area contributed by atoms with Crippen molar-refractivity contribution < 1.29 is 39.4 Å². The number of methoxy groups -OCH3 is 2. The molecule has 4 aromatic rings. The summed E-state index contributed by atoms with van der Waals surface area (Å²) < 4.78 is 28.4. The lowest BCUT2D eigenvalue weighted by Crippen LogP contribution is -2.82. The van der Waals surface area contributed by atoms with Gasteiger partial charge in [-0.2, -0.15) is 0 Å². The van der Waals surface area contributed by atoms with Crippen LogP contribution in [-0.4, -0.2) is 106 Å². The molecule has 1 unspecified atom stereocenters. The molecule has 0 amide bonds. The van der Waals surface area contributed by atoms with Crippen LogP contribution in [0.4, 0.5) is 0 Å². The van der Waals surface area contributed by atoms with Gasteiger partial charge in [0.05, 0.1) is 11.2 Å². The molecule has 11 heteroatoms. The van der Waals surface area contributed by atoms with Gasteiger partial charge in [0, 0.05) is 89.0 Å². The van der Waals surface area contributed by atoms with E-state index in [1.54, 1.807) is 0 Å². The first-order valence-corrected chi connectivity index (χ1v) is 29.9. The van der Waals surface area contributed by atoms with E-state index in [-0.39, 0.29) is 63.1 Å². The van der Waals surface area contributed by atoms with Gasteiger partial charge in [-0.05, 0) is 193 Å². The van der Waals surface area contributed by atoms with Crippen LogP contribution in [-0.2, 0) is 50.8 Å². The van der Waals surface area contributed by atoms with E-state index in [1.807, 2.05) is 58.4 Å². The topological polar surface area (TPSA) is 124 Å². The zero-order valence-electron chi connectivity index (χ0n) is 45.2. The summed E-state index contributed by atoms with van der Waals surface area (Å²) in [4.78, 5) is 5.66. The van der Waals surface area contributed by atoms with E-state index in [2.05, 4.69) is 53.1 Å². The Balaban J connectivity index is 0.727. The predicted molar refractivity (Wildman–Crippen MR) is 289 cm³/mol. The van der Waals surface area contributed by atoms with E-state index in [0.717, 1.165) is 124 Å². The molecule has 2 saturated heterocycles. The van der Waals surface area contributed by atoms with E-state index in [0.29, 0.717) is 35.0 Å². The highest BCUT2D eigenvalue weighted by atomic mass is 35.5. The molecular formula is C65H77ClN2O8. The van der Waals surface area contributed by atoms with Gasteiger partial charge >= 0.3 is 0 Å². The Bertz CT molecular complexity index is 3100. The molecule has 15 atom stereocenters. The highest BCUT2D eigenvalue weighted by molar-refractivity contribution is 6.30. The van der Waals surface area contributed by atoms with Crippen molar-refractivity contribution in [1.82, 2.24) is 9.80 Å². The average molecular weight is 1050 g/mol. The number of halogens is 1. The summed E-state index contributed by atoms with van der Waals surface area (Å²) in [6.07, 6.45) is 14.3. The van der Waals surface area contributed by atoms with E-state index in [4.69, 9.17) is 30.5 Å². The standard InChI is InChI=1S/C65H77ClN2O8/c1-36(39-10-13-43(14-11-39)58(2,71)47-32-60-20-22-64(47,73-4)56-62(60)24-26-67(34-37-6-7-37)49(60)30-40-12-19-46(69)54(75-56)51(40)62)28-42-29-41-31-50-61-21-23-65(74-5,48(33-61)59(3,72)44-15-17-45(66)18-16-44)57-63(61,52(41)55(76-57)53(42)70)25-27-68(50)35-38-8-9-38/h10-19,29,36-38,47-50,56-57,69-72H,6-9,20-28,30-35H2,1-5H3/t36?,47-,48-,49-,50-,56-,57-,58-,59-,60-,61-,62+,63+,64-,65-/m1/s1. The third-order valence-corrected chi connectivity index (χ3v) is 25.1. The molecule has 402 valence electrons. The summed E-state index contributed by atoms with van der Waals surface area (Å²) >= 11 is 6.42. The average Bonchev–Trinajstić information content (AvgIpc) is 4.18. The van der Waals surface area contributed by atoms with Crippen LogP contribution in [0.25, 0.3) is 0 Å². The lowest BCUT2D eigenvalue weighted by molar-refractivity contribution is -0.304. The SMILES string of the molecule is CO[C@]12CC[C@@]3(C[C@@H]1[C@](C)(O)c1ccc(C(C)Cc4cc5c6c(c4O)O[C@H]4[C@@]7(OC)CC[C@@]8(C[C@@H]7[C@](C)(O)c7ccc(Cl)cc7)[C@@H](C5)N(CC5CC5)CC[C@]648)cc1)[C@H]1Cc4ccc(O)c5c4[C@@]3(CCN1CC1CC1)[C@H]2O5. The summed E-state index contributed by atoms with van der Waals surface area (Å²) in [6, 6.07) is 23.4. The Morgan fingerprint density at radius 1 is 0.658 bits per heavy atom. The number of likely N-dealkylation sites (tertiary alicyclic amines) is 2. The first kappa shape index (κ1) is 48.1. The maximum atomic E-state index is 13.3. The van der Waals surface area contributed by atoms with E-state index >= 15 is 0 Å². The molecule has 0 radical (unpaired) electrons. The molecular weight excluding hydrogens is 972 g/mol. The quantitative estimate of drug-likeness (QED) is 0.103. The number of aliphatic hydroxyl groups is 2. The zero-order valence-corrected chi connectivity index (χ0v) is 45.9. The molecule has 4 aliphatic heterocycles. The van der Waals surface area contributed by atoms with E-state index in [1.165, 1.54) is 47.9 Å². The second-order valence-electron chi connectivity index (χ2n) is 27.6. The highest BCUT2D eigenvalue weighted by Crippen LogP contribution is 2.80. The van der Waals surface area contributed by atoms with Gasteiger partial charge in [-0.25, -0.2) is 0 Å². The number of aromatic hydroxyl groups is 2. The van der Waals surface area contributed by atoms with Crippen LogP contribution >= 0.6 is 11.6 Å². The smallest absolute Gasteiger partial charge is 0.166 e. The van der Waals surface area contributed by atoms with Crippen molar-refractivity contribution in [3.05, 3.63) is 116 Å². The molecule has 4 spiro atoms. The molecule has 0 aromatic heterocycles. The monoisotopic (exact) mass is 1050 g/mol. The van der Waals surface area contributed by atoms with Gasteiger partial charge in [-0.15, -0.1) is 0 Å². The number of piperidine rings is 2. The third-order valence-electron chi connectivity index (χ3n) is 24.9. The number of phenolic OH excluding ortho intramolecular Hbond substituents is 2. The molecule has 76 heavy (non-hydrogen) atoms. The fourth-order valence-corrected chi connectivity index (χ4v) is 21.3. The van der Waals surface area contributed by atoms with Gasteiger partial charge in [0.2, 0.25) is 0 Å². The van der Waals surface area contributed by atoms with Gasteiger partial charge in [0.1, 0.15) is 23.4 Å². The van der Waals surface area contributed by atoms with Crippen molar-refractivity contribution in [2.75, 3.05) is 40.4 Å². The Kier molecular flexibility index (Phi) is 9.82. The molecule has 4 heterocycles. The van der Waals surface area contributed by atoms with Crippen LogP contribution < -0.4 is 9.47 Å². The number of phenols is 2. The molecule has 10 fully saturated rings. The van der Waals surface area contributed by atoms with Crippen LogP contribution in [0.3, 0.4) is 0 Å². The van der Waals surface area contributed by atoms with Gasteiger partial charge in [-0.1, -0.05) is 67.1 Å². The number of ether oxygens (including phenoxy) is 4. The Hall–Kier alpha value is -3.87.